The summed E-state index contributed by atoms with van der Waals surface area (Å²) in [5, 5.41) is 0. The number of carbonyl (C=O) groups excluding carboxylic acids is 2. The minimum absolute atomic E-state index is 0. The van der Waals surface area contributed by atoms with Crippen molar-refractivity contribution in [3.63, 3.8) is 0 Å². The quantitative estimate of drug-likeness (QED) is 0.691. The normalized spacial score (nSPS) is 11.2. The van der Waals surface area contributed by atoms with Gasteiger partial charge in [0.25, 0.3) is 0 Å². The van der Waals surface area contributed by atoms with Crippen LogP contribution in [-0.2, 0) is 25.6 Å². The zero-order valence-electron chi connectivity index (χ0n) is 12.7. The van der Waals surface area contributed by atoms with Gasteiger partial charge in [-0.1, -0.05) is 0 Å². The van der Waals surface area contributed by atoms with Gasteiger partial charge in [0.2, 0.25) is 5.91 Å². The second kappa shape index (κ2) is 10.9. The van der Waals surface area contributed by atoms with E-state index in [4.69, 9.17) is 10.5 Å². The van der Waals surface area contributed by atoms with Crippen LogP contribution >= 0.6 is 12.4 Å². The number of halogens is 1. The van der Waals surface area contributed by atoms with Crippen LogP contribution in [0, 0.1) is 0 Å². The zero-order valence-corrected chi connectivity index (χ0v) is 13.5. The van der Waals surface area contributed by atoms with E-state index in [0.717, 1.165) is 5.56 Å². The molecule has 0 aliphatic heterocycles. The number of pyridine rings is 1. The fourth-order valence-electron chi connectivity index (χ4n) is 1.79. The van der Waals surface area contributed by atoms with Crippen LogP contribution in [0.1, 0.15) is 12.0 Å². The Kier molecular flexibility index (Phi) is 10.1. The number of rotatable bonds is 8. The van der Waals surface area contributed by atoms with Gasteiger partial charge in [0.1, 0.15) is 6.04 Å². The lowest BCUT2D eigenvalue weighted by atomic mass is 10.2. The first-order valence-corrected chi connectivity index (χ1v) is 6.57. The van der Waals surface area contributed by atoms with Crippen molar-refractivity contribution in [1.82, 2.24) is 9.88 Å². The highest BCUT2D eigenvalue weighted by molar-refractivity contribution is 5.85. The minimum atomic E-state index is -0.755. The van der Waals surface area contributed by atoms with E-state index >= 15 is 0 Å². The van der Waals surface area contributed by atoms with Crippen molar-refractivity contribution >= 4 is 24.3 Å². The minimum Gasteiger partial charge on any atom is -0.469 e. The van der Waals surface area contributed by atoms with Crippen LogP contribution < -0.4 is 5.73 Å². The first-order valence-electron chi connectivity index (χ1n) is 6.57. The fourth-order valence-corrected chi connectivity index (χ4v) is 1.79. The number of nitrogens with zero attached hydrogens (tertiary/aromatic N) is 2. The zero-order chi connectivity index (χ0) is 15.7. The third-order valence-electron chi connectivity index (χ3n) is 2.91. The predicted octanol–water partition coefficient (Wildman–Crippen LogP) is 0.369. The second-order valence-electron chi connectivity index (χ2n) is 4.50. The molecule has 1 unspecified atom stereocenters. The fraction of sp³-hybridized carbons (Fsp3) is 0.500. The van der Waals surface area contributed by atoms with Crippen molar-refractivity contribution in [2.75, 3.05) is 27.4 Å². The molecule has 1 atom stereocenters. The van der Waals surface area contributed by atoms with Crippen molar-refractivity contribution in [3.05, 3.63) is 30.1 Å². The number of amides is 1. The molecule has 1 amide bonds. The van der Waals surface area contributed by atoms with E-state index in [9.17, 15) is 9.59 Å². The van der Waals surface area contributed by atoms with Gasteiger partial charge in [0.15, 0.2) is 0 Å². The number of aromatic nitrogens is 1. The van der Waals surface area contributed by atoms with Crippen LogP contribution in [0.3, 0.4) is 0 Å². The molecule has 22 heavy (non-hydrogen) atoms. The molecule has 1 heterocycles. The molecular weight excluding hydrogens is 310 g/mol. The van der Waals surface area contributed by atoms with Gasteiger partial charge in [-0.3, -0.25) is 14.6 Å². The van der Waals surface area contributed by atoms with Crippen LogP contribution in [0.15, 0.2) is 24.5 Å². The van der Waals surface area contributed by atoms with Gasteiger partial charge in [-0.2, -0.15) is 0 Å². The highest BCUT2D eigenvalue weighted by Gasteiger charge is 2.22. The molecule has 0 fully saturated rings. The molecule has 2 N–H and O–H groups in total. The summed E-state index contributed by atoms with van der Waals surface area (Å²) in [5.41, 5.74) is 6.69. The lowest BCUT2D eigenvalue weighted by Crippen LogP contribution is -2.46. The topological polar surface area (TPSA) is 94.8 Å². The third kappa shape index (κ3) is 6.84. The van der Waals surface area contributed by atoms with E-state index in [-0.39, 0.29) is 43.9 Å². The molecule has 7 nitrogen and oxygen atoms in total. The Labute approximate surface area is 136 Å². The summed E-state index contributed by atoms with van der Waals surface area (Å²) in [4.78, 5) is 29.0. The number of methoxy groups -OCH3 is 2. The summed E-state index contributed by atoms with van der Waals surface area (Å²) in [6.07, 6.45) is 3.41. The van der Waals surface area contributed by atoms with Crippen molar-refractivity contribution in [3.8, 4) is 0 Å². The standard InChI is InChI=1S/C14H21N3O4.ClH/c1-20-10-12(15)14(19)17(8-5-13(18)21-2)9-11-3-6-16-7-4-11;/h3-4,6-7,12H,5,8-10,15H2,1-2H3;1H. The molecule has 0 bridgehead atoms. The largest absolute Gasteiger partial charge is 0.469 e. The van der Waals surface area contributed by atoms with Crippen molar-refractivity contribution in [2.45, 2.75) is 19.0 Å². The van der Waals surface area contributed by atoms with Crippen LogP contribution in [0.4, 0.5) is 0 Å². The summed E-state index contributed by atoms with van der Waals surface area (Å²) in [5.74, 6) is -0.639. The van der Waals surface area contributed by atoms with Crippen LogP contribution in [0.2, 0.25) is 0 Å². The molecule has 1 rings (SSSR count). The number of esters is 1. The van der Waals surface area contributed by atoms with Gasteiger partial charge in [0.05, 0.1) is 20.1 Å². The predicted molar refractivity (Wildman–Crippen MR) is 83.4 cm³/mol. The van der Waals surface area contributed by atoms with E-state index in [2.05, 4.69) is 9.72 Å². The highest BCUT2D eigenvalue weighted by atomic mass is 35.5. The molecule has 0 spiro atoms. The maximum atomic E-state index is 12.3. The molecule has 0 radical (unpaired) electrons. The van der Waals surface area contributed by atoms with E-state index in [1.54, 1.807) is 24.5 Å². The molecule has 0 aliphatic carbocycles. The summed E-state index contributed by atoms with van der Waals surface area (Å²) >= 11 is 0. The van der Waals surface area contributed by atoms with Crippen LogP contribution in [0.5, 0.6) is 0 Å². The lowest BCUT2D eigenvalue weighted by Gasteiger charge is -2.25. The molecule has 1 aromatic heterocycles. The van der Waals surface area contributed by atoms with Gasteiger partial charge in [-0.05, 0) is 17.7 Å². The van der Waals surface area contributed by atoms with E-state index in [1.165, 1.54) is 19.1 Å². The second-order valence-corrected chi connectivity index (χ2v) is 4.50. The molecule has 1 aromatic rings. The summed E-state index contributed by atoms with van der Waals surface area (Å²) in [6.45, 7) is 0.727. The Hall–Kier alpha value is -1.70. The van der Waals surface area contributed by atoms with Gasteiger partial charge in [0, 0.05) is 32.6 Å². The monoisotopic (exact) mass is 331 g/mol. The molecule has 124 valence electrons. The average Bonchev–Trinajstić information content (AvgIpc) is 2.51. The van der Waals surface area contributed by atoms with E-state index in [1.807, 2.05) is 0 Å². The van der Waals surface area contributed by atoms with Crippen LogP contribution in [-0.4, -0.2) is 55.2 Å². The summed E-state index contributed by atoms with van der Waals surface area (Å²) in [7, 11) is 2.79. The summed E-state index contributed by atoms with van der Waals surface area (Å²) < 4.78 is 9.49. The Morgan fingerprint density at radius 1 is 1.32 bits per heavy atom. The SMILES string of the molecule is COCC(N)C(=O)N(CCC(=O)OC)Cc1ccncc1.Cl. The van der Waals surface area contributed by atoms with E-state index < -0.39 is 6.04 Å². The summed E-state index contributed by atoms with van der Waals surface area (Å²) in [6, 6.07) is 2.86. The molecular formula is C14H22ClN3O4. The van der Waals surface area contributed by atoms with Crippen molar-refractivity contribution in [1.29, 1.82) is 0 Å². The Balaban J connectivity index is 0.00000441. The molecule has 0 saturated heterocycles. The Bertz CT molecular complexity index is 459. The molecule has 0 aromatic carbocycles. The molecule has 0 saturated carbocycles. The van der Waals surface area contributed by atoms with Gasteiger partial charge < -0.3 is 20.1 Å². The van der Waals surface area contributed by atoms with E-state index in [0.29, 0.717) is 6.54 Å². The number of hydrogen-bond acceptors (Lipinski definition) is 6. The van der Waals surface area contributed by atoms with Gasteiger partial charge in [-0.15, -0.1) is 12.4 Å². The van der Waals surface area contributed by atoms with Gasteiger partial charge >= 0.3 is 5.97 Å². The average molecular weight is 332 g/mol. The molecule has 0 aliphatic rings. The first-order chi connectivity index (χ1) is 10.1. The van der Waals surface area contributed by atoms with Gasteiger partial charge in [-0.25, -0.2) is 0 Å². The Morgan fingerprint density at radius 2 is 1.95 bits per heavy atom. The van der Waals surface area contributed by atoms with Crippen molar-refractivity contribution in [2.24, 2.45) is 5.73 Å². The number of hydrogen-bond donors (Lipinski definition) is 1. The maximum absolute atomic E-state index is 12.3. The first kappa shape index (κ1) is 20.3. The third-order valence-corrected chi connectivity index (χ3v) is 2.91. The highest BCUT2D eigenvalue weighted by Crippen LogP contribution is 2.06. The van der Waals surface area contributed by atoms with Crippen LogP contribution in [0.25, 0.3) is 0 Å². The number of nitrogens with two attached hydrogens (primary N) is 1. The molecule has 8 heteroatoms. The number of ether oxygens (including phenoxy) is 2. The number of carbonyl (C=O) groups is 2. The maximum Gasteiger partial charge on any atom is 0.307 e. The lowest BCUT2D eigenvalue weighted by molar-refractivity contribution is -0.142. The smallest absolute Gasteiger partial charge is 0.307 e. The van der Waals surface area contributed by atoms with Crippen molar-refractivity contribution < 1.29 is 19.1 Å². The Morgan fingerprint density at radius 3 is 2.50 bits per heavy atom.